The van der Waals surface area contributed by atoms with Gasteiger partial charge in [-0.25, -0.2) is 0 Å². The van der Waals surface area contributed by atoms with Crippen molar-refractivity contribution in [3.63, 3.8) is 0 Å². The van der Waals surface area contributed by atoms with Crippen molar-refractivity contribution >= 4 is 5.91 Å². The Bertz CT molecular complexity index is 529. The molecule has 0 bridgehead atoms. The normalized spacial score (nSPS) is 28.2. The highest BCUT2D eigenvalue weighted by atomic mass is 16.2. The van der Waals surface area contributed by atoms with Crippen molar-refractivity contribution < 1.29 is 4.79 Å². The SMILES string of the molecule is CN(C)Cc1cccc(C(=O)N2CC3CCC(N)C3C2)c1. The highest BCUT2D eigenvalue weighted by Crippen LogP contribution is 2.37. The van der Waals surface area contributed by atoms with E-state index in [4.69, 9.17) is 5.73 Å². The molecule has 4 nitrogen and oxygen atoms in total. The summed E-state index contributed by atoms with van der Waals surface area (Å²) < 4.78 is 0. The quantitative estimate of drug-likeness (QED) is 0.918. The number of rotatable bonds is 3. The van der Waals surface area contributed by atoms with Crippen LogP contribution in [0.5, 0.6) is 0 Å². The molecule has 1 saturated heterocycles. The predicted octanol–water partition coefficient (Wildman–Crippen LogP) is 1.56. The number of benzene rings is 1. The van der Waals surface area contributed by atoms with Gasteiger partial charge in [0.25, 0.3) is 5.91 Å². The summed E-state index contributed by atoms with van der Waals surface area (Å²) in [5.41, 5.74) is 8.15. The monoisotopic (exact) mass is 287 g/mol. The van der Waals surface area contributed by atoms with Crippen LogP contribution in [-0.4, -0.2) is 48.9 Å². The Balaban J connectivity index is 1.71. The van der Waals surface area contributed by atoms with Crippen molar-refractivity contribution in [3.8, 4) is 0 Å². The van der Waals surface area contributed by atoms with Crippen LogP contribution >= 0.6 is 0 Å². The number of hydrogen-bond acceptors (Lipinski definition) is 3. The minimum atomic E-state index is 0.164. The van der Waals surface area contributed by atoms with Crippen molar-refractivity contribution in [1.29, 1.82) is 0 Å². The molecular weight excluding hydrogens is 262 g/mol. The van der Waals surface area contributed by atoms with E-state index in [0.717, 1.165) is 31.6 Å². The van der Waals surface area contributed by atoms with Gasteiger partial charge in [-0.05, 0) is 56.5 Å². The second-order valence-electron chi connectivity index (χ2n) is 6.81. The maximum Gasteiger partial charge on any atom is 0.253 e. The molecule has 2 fully saturated rings. The Morgan fingerprint density at radius 1 is 1.33 bits per heavy atom. The zero-order valence-electron chi connectivity index (χ0n) is 13.0. The van der Waals surface area contributed by atoms with Gasteiger partial charge in [-0.15, -0.1) is 0 Å². The van der Waals surface area contributed by atoms with Crippen molar-refractivity contribution in [2.75, 3.05) is 27.2 Å². The van der Waals surface area contributed by atoms with Crippen molar-refractivity contribution in [2.45, 2.75) is 25.4 Å². The smallest absolute Gasteiger partial charge is 0.253 e. The summed E-state index contributed by atoms with van der Waals surface area (Å²) in [5, 5.41) is 0. The summed E-state index contributed by atoms with van der Waals surface area (Å²) in [7, 11) is 4.08. The number of carbonyl (C=O) groups is 1. The fraction of sp³-hybridized carbons (Fsp3) is 0.588. The molecule has 2 aliphatic rings. The van der Waals surface area contributed by atoms with Gasteiger partial charge < -0.3 is 15.5 Å². The number of carbonyl (C=O) groups excluding carboxylic acids is 1. The summed E-state index contributed by atoms with van der Waals surface area (Å²) in [5.74, 6) is 1.30. The fourth-order valence-electron chi connectivity index (χ4n) is 3.82. The standard InChI is InChI=1S/C17H25N3O/c1-19(2)9-12-4-3-5-13(8-12)17(21)20-10-14-6-7-16(18)15(14)11-20/h3-5,8,14-16H,6-7,9-11,18H2,1-2H3. The van der Waals surface area contributed by atoms with Crippen LogP contribution in [0.1, 0.15) is 28.8 Å². The van der Waals surface area contributed by atoms with Gasteiger partial charge in [0.15, 0.2) is 0 Å². The molecule has 0 radical (unpaired) electrons. The van der Waals surface area contributed by atoms with Gasteiger partial charge in [0.05, 0.1) is 0 Å². The van der Waals surface area contributed by atoms with E-state index in [2.05, 4.69) is 11.0 Å². The molecule has 3 atom stereocenters. The van der Waals surface area contributed by atoms with Crippen LogP contribution in [-0.2, 0) is 6.54 Å². The van der Waals surface area contributed by atoms with Crippen LogP contribution in [0.2, 0.25) is 0 Å². The molecule has 3 unspecified atom stereocenters. The molecule has 1 heterocycles. The lowest BCUT2D eigenvalue weighted by molar-refractivity contribution is 0.0779. The molecule has 0 aromatic heterocycles. The van der Waals surface area contributed by atoms with Crippen LogP contribution in [0, 0.1) is 11.8 Å². The van der Waals surface area contributed by atoms with E-state index in [1.807, 2.05) is 37.2 Å². The Morgan fingerprint density at radius 3 is 2.86 bits per heavy atom. The highest BCUT2D eigenvalue weighted by Gasteiger charge is 2.42. The van der Waals surface area contributed by atoms with Gasteiger partial charge in [-0.3, -0.25) is 4.79 Å². The summed E-state index contributed by atoms with van der Waals surface area (Å²) in [6, 6.07) is 8.29. The van der Waals surface area contributed by atoms with Gasteiger partial charge in [0, 0.05) is 31.2 Å². The first-order chi connectivity index (χ1) is 10.0. The first-order valence-corrected chi connectivity index (χ1v) is 7.83. The number of amides is 1. The van der Waals surface area contributed by atoms with Gasteiger partial charge in [0.2, 0.25) is 0 Å². The van der Waals surface area contributed by atoms with Crippen LogP contribution in [0.4, 0.5) is 0 Å². The predicted molar refractivity (Wildman–Crippen MR) is 83.9 cm³/mol. The van der Waals surface area contributed by atoms with Gasteiger partial charge in [-0.1, -0.05) is 12.1 Å². The lowest BCUT2D eigenvalue weighted by Gasteiger charge is -2.19. The zero-order valence-corrected chi connectivity index (χ0v) is 13.0. The summed E-state index contributed by atoms with van der Waals surface area (Å²) >= 11 is 0. The second-order valence-corrected chi connectivity index (χ2v) is 6.81. The number of hydrogen-bond donors (Lipinski definition) is 1. The van der Waals surface area contributed by atoms with E-state index in [0.29, 0.717) is 11.8 Å². The zero-order chi connectivity index (χ0) is 15.0. The number of fused-ring (bicyclic) bond motifs is 1. The minimum Gasteiger partial charge on any atom is -0.338 e. The topological polar surface area (TPSA) is 49.6 Å². The molecule has 4 heteroatoms. The van der Waals surface area contributed by atoms with Crippen LogP contribution < -0.4 is 5.73 Å². The van der Waals surface area contributed by atoms with Gasteiger partial charge in [0.1, 0.15) is 0 Å². The van der Waals surface area contributed by atoms with E-state index in [9.17, 15) is 4.79 Å². The molecular formula is C17H25N3O. The molecule has 1 saturated carbocycles. The average molecular weight is 287 g/mol. The van der Waals surface area contributed by atoms with Crippen molar-refractivity contribution in [3.05, 3.63) is 35.4 Å². The first-order valence-electron chi connectivity index (χ1n) is 7.83. The molecule has 1 amide bonds. The number of nitrogens with two attached hydrogens (primary N) is 1. The van der Waals surface area contributed by atoms with Gasteiger partial charge >= 0.3 is 0 Å². The molecule has 114 valence electrons. The van der Waals surface area contributed by atoms with Gasteiger partial charge in [-0.2, -0.15) is 0 Å². The Hall–Kier alpha value is -1.39. The Labute approximate surface area is 126 Å². The lowest BCUT2D eigenvalue weighted by atomic mass is 9.98. The molecule has 21 heavy (non-hydrogen) atoms. The second kappa shape index (κ2) is 5.78. The number of likely N-dealkylation sites (tertiary alicyclic amines) is 1. The molecule has 3 rings (SSSR count). The maximum atomic E-state index is 12.7. The lowest BCUT2D eigenvalue weighted by Crippen LogP contribution is -2.33. The largest absolute Gasteiger partial charge is 0.338 e. The summed E-state index contributed by atoms with van der Waals surface area (Å²) in [6.07, 6.45) is 2.30. The first kappa shape index (κ1) is 14.5. The fourth-order valence-corrected chi connectivity index (χ4v) is 3.82. The summed E-state index contributed by atoms with van der Waals surface area (Å²) in [6.45, 7) is 2.58. The molecule has 1 aromatic rings. The van der Waals surface area contributed by atoms with E-state index in [1.54, 1.807) is 0 Å². The van der Waals surface area contributed by atoms with Crippen molar-refractivity contribution in [1.82, 2.24) is 9.80 Å². The third-order valence-electron chi connectivity index (χ3n) is 4.87. The van der Waals surface area contributed by atoms with Crippen molar-refractivity contribution in [2.24, 2.45) is 17.6 Å². The minimum absolute atomic E-state index is 0.164. The Morgan fingerprint density at radius 2 is 2.14 bits per heavy atom. The molecule has 0 spiro atoms. The Kier molecular flexibility index (Phi) is 4.00. The van der Waals surface area contributed by atoms with Crippen LogP contribution in [0.15, 0.2) is 24.3 Å². The third kappa shape index (κ3) is 2.97. The summed E-state index contributed by atoms with van der Waals surface area (Å²) in [4.78, 5) is 16.8. The van der Waals surface area contributed by atoms with E-state index in [-0.39, 0.29) is 11.9 Å². The van der Waals surface area contributed by atoms with Crippen LogP contribution in [0.25, 0.3) is 0 Å². The molecule has 2 N–H and O–H groups in total. The molecule has 1 aliphatic carbocycles. The molecule has 1 aromatic carbocycles. The average Bonchev–Trinajstić information content (AvgIpc) is 3.00. The maximum absolute atomic E-state index is 12.7. The molecule has 1 aliphatic heterocycles. The van der Waals surface area contributed by atoms with E-state index >= 15 is 0 Å². The highest BCUT2D eigenvalue weighted by molar-refractivity contribution is 5.94. The van der Waals surface area contributed by atoms with E-state index in [1.165, 1.54) is 12.0 Å². The number of nitrogens with zero attached hydrogens (tertiary/aromatic N) is 2. The third-order valence-corrected chi connectivity index (χ3v) is 4.87. The van der Waals surface area contributed by atoms with Crippen LogP contribution in [0.3, 0.4) is 0 Å². The van der Waals surface area contributed by atoms with E-state index < -0.39 is 0 Å².